The minimum Gasteiger partial charge on any atom is -0.480 e. The van der Waals surface area contributed by atoms with Gasteiger partial charge in [0.2, 0.25) is 0 Å². The van der Waals surface area contributed by atoms with Crippen LogP contribution in [0.3, 0.4) is 0 Å². The van der Waals surface area contributed by atoms with Crippen molar-refractivity contribution in [3.8, 4) is 22.5 Å². The van der Waals surface area contributed by atoms with Crippen molar-refractivity contribution in [3.05, 3.63) is 76.4 Å². The summed E-state index contributed by atoms with van der Waals surface area (Å²) >= 11 is 1.39. The molecule has 2 aromatic heterocycles. The molecule has 0 aliphatic heterocycles. The smallest absolute Gasteiger partial charge is 0.323 e. The lowest BCUT2D eigenvalue weighted by Crippen LogP contribution is -2.26. The molecular weight excluding hydrogens is 348 g/mol. The normalized spacial score (nSPS) is 10.9. The van der Waals surface area contributed by atoms with Crippen molar-refractivity contribution in [3.63, 3.8) is 0 Å². The predicted molar refractivity (Wildman–Crippen MR) is 102 cm³/mol. The van der Waals surface area contributed by atoms with Gasteiger partial charge < -0.3 is 5.11 Å². The minimum absolute atomic E-state index is 0.337. The van der Waals surface area contributed by atoms with E-state index < -0.39 is 12.5 Å². The standard InChI is InChI=1S/C20H14N2O3S/c23-16(24)11-22-18(14-9-5-2-6-10-14)21-19-17(20(22)25)15(12-26-19)13-7-3-1-4-8-13/h1-10,12H,11H2,(H,23,24). The van der Waals surface area contributed by atoms with Crippen LogP contribution in [0.4, 0.5) is 0 Å². The van der Waals surface area contributed by atoms with Crippen molar-refractivity contribution in [1.29, 1.82) is 0 Å². The van der Waals surface area contributed by atoms with Crippen LogP contribution in [0.1, 0.15) is 0 Å². The third-order valence-electron chi connectivity index (χ3n) is 4.10. The maximum absolute atomic E-state index is 13.2. The number of carbonyl (C=O) groups is 1. The van der Waals surface area contributed by atoms with Crippen molar-refractivity contribution >= 4 is 27.5 Å². The van der Waals surface area contributed by atoms with Crippen molar-refractivity contribution < 1.29 is 9.90 Å². The fourth-order valence-corrected chi connectivity index (χ4v) is 3.88. The number of benzene rings is 2. The number of aromatic nitrogens is 2. The second-order valence-corrected chi connectivity index (χ2v) is 6.64. The van der Waals surface area contributed by atoms with E-state index in [1.54, 1.807) is 0 Å². The first kappa shape index (κ1) is 16.2. The second kappa shape index (κ2) is 6.57. The monoisotopic (exact) mass is 362 g/mol. The number of thiophene rings is 1. The van der Waals surface area contributed by atoms with Crippen LogP contribution in [0.25, 0.3) is 32.7 Å². The summed E-state index contributed by atoms with van der Waals surface area (Å²) in [4.78, 5) is 29.8. The zero-order valence-corrected chi connectivity index (χ0v) is 14.4. The molecule has 0 spiro atoms. The van der Waals surface area contributed by atoms with Crippen LogP contribution in [0.2, 0.25) is 0 Å². The fourth-order valence-electron chi connectivity index (χ4n) is 2.94. The number of carboxylic acid groups (broad SMARTS) is 1. The summed E-state index contributed by atoms with van der Waals surface area (Å²) in [5.74, 6) is -0.714. The average molecular weight is 362 g/mol. The molecule has 0 amide bonds. The highest BCUT2D eigenvalue weighted by Crippen LogP contribution is 2.32. The summed E-state index contributed by atoms with van der Waals surface area (Å²) < 4.78 is 1.24. The van der Waals surface area contributed by atoms with E-state index in [1.165, 1.54) is 15.9 Å². The summed E-state index contributed by atoms with van der Waals surface area (Å²) in [6, 6.07) is 18.7. The van der Waals surface area contributed by atoms with Gasteiger partial charge in [0.1, 0.15) is 17.2 Å². The second-order valence-electron chi connectivity index (χ2n) is 5.78. The van der Waals surface area contributed by atoms with E-state index in [9.17, 15) is 14.7 Å². The van der Waals surface area contributed by atoms with Gasteiger partial charge in [0.25, 0.3) is 5.56 Å². The molecule has 0 aliphatic carbocycles. The summed E-state index contributed by atoms with van der Waals surface area (Å²) in [6.45, 7) is -0.434. The summed E-state index contributed by atoms with van der Waals surface area (Å²) in [5.41, 5.74) is 2.06. The van der Waals surface area contributed by atoms with Gasteiger partial charge in [-0.25, -0.2) is 4.98 Å². The van der Waals surface area contributed by atoms with Gasteiger partial charge in [-0.1, -0.05) is 60.7 Å². The van der Waals surface area contributed by atoms with E-state index in [0.29, 0.717) is 21.6 Å². The number of nitrogens with zero attached hydrogens (tertiary/aromatic N) is 2. The molecule has 0 saturated heterocycles. The molecule has 0 radical (unpaired) electrons. The molecule has 2 heterocycles. The Morgan fingerprint density at radius 2 is 1.62 bits per heavy atom. The molecule has 0 atom stereocenters. The van der Waals surface area contributed by atoms with Crippen LogP contribution in [0.5, 0.6) is 0 Å². The lowest BCUT2D eigenvalue weighted by Gasteiger charge is -2.11. The van der Waals surface area contributed by atoms with Crippen LogP contribution in [-0.4, -0.2) is 20.6 Å². The molecule has 26 heavy (non-hydrogen) atoms. The molecule has 0 bridgehead atoms. The van der Waals surface area contributed by atoms with Crippen LogP contribution in [0.15, 0.2) is 70.8 Å². The first-order valence-electron chi connectivity index (χ1n) is 8.00. The third-order valence-corrected chi connectivity index (χ3v) is 4.98. The van der Waals surface area contributed by atoms with Gasteiger partial charge in [-0.15, -0.1) is 11.3 Å². The summed E-state index contributed by atoms with van der Waals surface area (Å²) in [7, 11) is 0. The Morgan fingerprint density at radius 1 is 1.00 bits per heavy atom. The van der Waals surface area contributed by atoms with Gasteiger partial charge in [-0.3, -0.25) is 14.2 Å². The van der Waals surface area contributed by atoms with Crippen molar-refractivity contribution in [2.75, 3.05) is 0 Å². The molecule has 5 nitrogen and oxygen atoms in total. The Morgan fingerprint density at radius 3 is 2.23 bits per heavy atom. The molecule has 128 valence electrons. The molecule has 0 saturated carbocycles. The van der Waals surface area contributed by atoms with Gasteiger partial charge in [-0.05, 0) is 5.56 Å². The molecule has 0 aliphatic rings. The van der Waals surface area contributed by atoms with E-state index in [2.05, 4.69) is 4.98 Å². The Balaban J connectivity index is 2.03. The van der Waals surface area contributed by atoms with Crippen LogP contribution in [-0.2, 0) is 11.3 Å². The van der Waals surface area contributed by atoms with Crippen molar-refractivity contribution in [2.45, 2.75) is 6.54 Å². The average Bonchev–Trinajstić information content (AvgIpc) is 3.09. The molecule has 4 rings (SSSR count). The van der Waals surface area contributed by atoms with Crippen LogP contribution in [0, 0.1) is 0 Å². The Hall–Kier alpha value is -3.25. The summed E-state index contributed by atoms with van der Waals surface area (Å²) in [6.07, 6.45) is 0. The number of aliphatic carboxylic acids is 1. The first-order valence-corrected chi connectivity index (χ1v) is 8.88. The Labute approximate surface area is 152 Å². The van der Waals surface area contributed by atoms with Gasteiger partial charge in [0.05, 0.1) is 5.39 Å². The van der Waals surface area contributed by atoms with Crippen LogP contribution < -0.4 is 5.56 Å². The van der Waals surface area contributed by atoms with E-state index in [4.69, 9.17) is 0 Å². The SMILES string of the molecule is O=C(O)Cn1c(-c2ccccc2)nc2scc(-c3ccccc3)c2c1=O. The highest BCUT2D eigenvalue weighted by Gasteiger charge is 2.19. The van der Waals surface area contributed by atoms with Crippen molar-refractivity contribution in [1.82, 2.24) is 9.55 Å². The molecular formula is C20H14N2O3S. The van der Waals surface area contributed by atoms with E-state index in [-0.39, 0.29) is 5.56 Å². The van der Waals surface area contributed by atoms with Gasteiger partial charge in [0, 0.05) is 16.5 Å². The maximum atomic E-state index is 13.2. The number of rotatable bonds is 4. The molecule has 0 fully saturated rings. The van der Waals surface area contributed by atoms with E-state index in [0.717, 1.165) is 11.1 Å². The molecule has 6 heteroatoms. The molecule has 4 aromatic rings. The lowest BCUT2D eigenvalue weighted by atomic mass is 10.1. The maximum Gasteiger partial charge on any atom is 0.323 e. The van der Waals surface area contributed by atoms with Crippen molar-refractivity contribution in [2.24, 2.45) is 0 Å². The quantitative estimate of drug-likeness (QED) is 0.598. The molecule has 0 unspecified atom stereocenters. The Bertz CT molecular complexity index is 1150. The lowest BCUT2D eigenvalue weighted by molar-refractivity contribution is -0.137. The van der Waals surface area contributed by atoms with Gasteiger partial charge >= 0.3 is 5.97 Å². The highest BCUT2D eigenvalue weighted by atomic mass is 32.1. The number of hydrogen-bond donors (Lipinski definition) is 1. The van der Waals surface area contributed by atoms with Gasteiger partial charge in [0.15, 0.2) is 0 Å². The Kier molecular flexibility index (Phi) is 4.10. The van der Waals surface area contributed by atoms with E-state index >= 15 is 0 Å². The number of fused-ring (bicyclic) bond motifs is 1. The predicted octanol–water partition coefficient (Wildman–Crippen LogP) is 3.88. The highest BCUT2D eigenvalue weighted by molar-refractivity contribution is 7.17. The third kappa shape index (κ3) is 2.80. The van der Waals surface area contributed by atoms with Gasteiger partial charge in [-0.2, -0.15) is 0 Å². The zero-order chi connectivity index (χ0) is 18.1. The van der Waals surface area contributed by atoms with E-state index in [1.807, 2.05) is 66.0 Å². The number of carboxylic acids is 1. The first-order chi connectivity index (χ1) is 12.6. The fraction of sp³-hybridized carbons (Fsp3) is 0.0500. The zero-order valence-electron chi connectivity index (χ0n) is 13.6. The largest absolute Gasteiger partial charge is 0.480 e. The molecule has 2 aromatic carbocycles. The summed E-state index contributed by atoms with van der Waals surface area (Å²) in [5, 5.41) is 11.6. The molecule has 1 N–H and O–H groups in total. The topological polar surface area (TPSA) is 72.2 Å². The van der Waals surface area contributed by atoms with Crippen LogP contribution >= 0.6 is 11.3 Å². The number of hydrogen-bond acceptors (Lipinski definition) is 4. The minimum atomic E-state index is -1.08.